The van der Waals surface area contributed by atoms with E-state index in [-0.39, 0.29) is 28.3 Å². The first-order valence-corrected chi connectivity index (χ1v) is 8.40. The molecule has 0 bridgehead atoms. The van der Waals surface area contributed by atoms with Crippen LogP contribution in [-0.2, 0) is 6.42 Å². The summed E-state index contributed by atoms with van der Waals surface area (Å²) in [5.41, 5.74) is 1.08. The number of amides is 1. The first-order valence-electron chi connectivity index (χ1n) is 7.65. The zero-order valence-electron chi connectivity index (χ0n) is 13.9. The van der Waals surface area contributed by atoms with Gasteiger partial charge in [0.15, 0.2) is 0 Å². The average Bonchev–Trinajstić information content (AvgIpc) is 2.55. The third-order valence-corrected chi connectivity index (χ3v) is 4.56. The Labute approximate surface area is 156 Å². The maximum atomic E-state index is 13.5. The second-order valence-electron chi connectivity index (χ2n) is 5.94. The van der Waals surface area contributed by atoms with Crippen molar-refractivity contribution in [1.29, 1.82) is 0 Å². The predicted octanol–water partition coefficient (Wildman–Crippen LogP) is 3.74. The number of carbonyl (C=O) groups is 1. The number of hydrogen-bond acceptors (Lipinski definition) is 3. The van der Waals surface area contributed by atoms with E-state index < -0.39 is 5.82 Å². The van der Waals surface area contributed by atoms with Gasteiger partial charge in [0.2, 0.25) is 0 Å². The van der Waals surface area contributed by atoms with E-state index in [4.69, 9.17) is 23.2 Å². The molecule has 0 fully saturated rings. The van der Waals surface area contributed by atoms with Crippen LogP contribution in [0.3, 0.4) is 0 Å². The van der Waals surface area contributed by atoms with Crippen molar-refractivity contribution in [2.75, 3.05) is 20.6 Å². The fraction of sp³-hybridized carbons (Fsp3) is 0.278. The highest BCUT2D eigenvalue weighted by Gasteiger charge is 2.17. The van der Waals surface area contributed by atoms with Gasteiger partial charge < -0.3 is 15.3 Å². The molecule has 2 rings (SSSR count). The number of carbonyl (C=O) groups excluding carboxylic acids is 1. The molecule has 0 aliphatic heterocycles. The van der Waals surface area contributed by atoms with Crippen molar-refractivity contribution < 1.29 is 14.3 Å². The molecule has 1 amide bonds. The molecule has 2 aromatic rings. The Hall–Kier alpha value is -1.82. The largest absolute Gasteiger partial charge is 0.508 e. The lowest BCUT2D eigenvalue weighted by Crippen LogP contribution is -2.41. The molecule has 0 heterocycles. The lowest BCUT2D eigenvalue weighted by atomic mass is 10.0. The van der Waals surface area contributed by atoms with Crippen LogP contribution in [-0.4, -0.2) is 42.6 Å². The predicted molar refractivity (Wildman–Crippen MR) is 98.0 cm³/mol. The first-order chi connectivity index (χ1) is 11.8. The van der Waals surface area contributed by atoms with E-state index in [1.54, 1.807) is 12.1 Å². The molecule has 2 N–H and O–H groups in total. The van der Waals surface area contributed by atoms with Gasteiger partial charge in [-0.25, -0.2) is 4.39 Å². The van der Waals surface area contributed by atoms with E-state index in [1.165, 1.54) is 18.2 Å². The van der Waals surface area contributed by atoms with Crippen LogP contribution in [0.1, 0.15) is 15.9 Å². The van der Waals surface area contributed by atoms with E-state index in [9.17, 15) is 14.3 Å². The van der Waals surface area contributed by atoms with Crippen molar-refractivity contribution in [2.45, 2.75) is 12.5 Å². The smallest absolute Gasteiger partial charge is 0.251 e. The second-order valence-corrected chi connectivity index (χ2v) is 6.75. The van der Waals surface area contributed by atoms with Crippen molar-refractivity contribution in [2.24, 2.45) is 0 Å². The van der Waals surface area contributed by atoms with Gasteiger partial charge in [-0.05, 0) is 56.4 Å². The Balaban J connectivity index is 2.03. The Morgan fingerprint density at radius 1 is 1.20 bits per heavy atom. The molecule has 0 spiro atoms. The number of nitrogens with zero attached hydrogens (tertiary/aromatic N) is 1. The van der Waals surface area contributed by atoms with Crippen LogP contribution in [0.15, 0.2) is 36.4 Å². The quantitative estimate of drug-likeness (QED) is 0.797. The zero-order chi connectivity index (χ0) is 18.6. The summed E-state index contributed by atoms with van der Waals surface area (Å²) in [5, 5.41) is 12.7. The Bertz CT molecular complexity index is 769. The standard InChI is InChI=1S/C18H19Cl2FN2O2/c1-23(2)13(7-11-3-5-14(24)9-16(11)20)10-22-18(25)12-4-6-15(19)17(21)8-12/h3-6,8-9,13,24H,7,10H2,1-2H3,(H,22,25)/t13-/m0/s1. The normalized spacial score (nSPS) is 12.2. The van der Waals surface area contributed by atoms with Gasteiger partial charge in [0.05, 0.1) is 5.02 Å². The van der Waals surface area contributed by atoms with Crippen LogP contribution in [0.5, 0.6) is 5.75 Å². The minimum absolute atomic E-state index is 0.0234. The zero-order valence-corrected chi connectivity index (χ0v) is 15.4. The summed E-state index contributed by atoms with van der Waals surface area (Å²) < 4.78 is 13.5. The summed E-state index contributed by atoms with van der Waals surface area (Å²) in [7, 11) is 3.79. The fourth-order valence-electron chi connectivity index (χ4n) is 2.34. The molecule has 0 unspecified atom stereocenters. The van der Waals surface area contributed by atoms with E-state index in [2.05, 4.69) is 5.32 Å². The first kappa shape index (κ1) is 19.5. The number of rotatable bonds is 6. The van der Waals surface area contributed by atoms with E-state index in [1.807, 2.05) is 19.0 Å². The van der Waals surface area contributed by atoms with Crippen LogP contribution in [0, 0.1) is 5.82 Å². The lowest BCUT2D eigenvalue weighted by molar-refractivity contribution is 0.0941. The molecule has 0 saturated carbocycles. The SMILES string of the molecule is CN(C)[C@H](CNC(=O)c1ccc(Cl)c(F)c1)Cc1ccc(O)cc1Cl. The highest BCUT2D eigenvalue weighted by molar-refractivity contribution is 6.31. The summed E-state index contributed by atoms with van der Waals surface area (Å²) in [6, 6.07) is 8.72. The third kappa shape index (κ3) is 5.33. The number of phenols is 1. The van der Waals surface area contributed by atoms with Crippen LogP contribution in [0.25, 0.3) is 0 Å². The number of phenolic OH excluding ortho intramolecular Hbond substituents is 1. The molecule has 0 aliphatic carbocycles. The van der Waals surface area contributed by atoms with Gasteiger partial charge >= 0.3 is 0 Å². The number of hydrogen-bond donors (Lipinski definition) is 2. The Kier molecular flexibility index (Phi) is 6.64. The minimum Gasteiger partial charge on any atom is -0.508 e. The minimum atomic E-state index is -0.630. The van der Waals surface area contributed by atoms with E-state index >= 15 is 0 Å². The topological polar surface area (TPSA) is 52.6 Å². The van der Waals surface area contributed by atoms with Crippen LogP contribution < -0.4 is 5.32 Å². The Morgan fingerprint density at radius 2 is 1.92 bits per heavy atom. The Morgan fingerprint density at radius 3 is 2.52 bits per heavy atom. The summed E-state index contributed by atoms with van der Waals surface area (Å²) in [5.74, 6) is -0.901. The fourth-order valence-corrected chi connectivity index (χ4v) is 2.71. The van der Waals surface area contributed by atoms with Gasteiger partial charge in [0.1, 0.15) is 11.6 Å². The van der Waals surface area contributed by atoms with Gasteiger partial charge in [-0.1, -0.05) is 29.3 Å². The lowest BCUT2D eigenvalue weighted by Gasteiger charge is -2.25. The van der Waals surface area contributed by atoms with Crippen molar-refractivity contribution in [3.63, 3.8) is 0 Å². The molecule has 25 heavy (non-hydrogen) atoms. The molecule has 0 aliphatic rings. The maximum absolute atomic E-state index is 13.5. The van der Waals surface area contributed by atoms with Gasteiger partial charge in [0.25, 0.3) is 5.91 Å². The summed E-state index contributed by atoms with van der Waals surface area (Å²) >= 11 is 11.8. The van der Waals surface area contributed by atoms with Crippen LogP contribution >= 0.6 is 23.2 Å². The van der Waals surface area contributed by atoms with Crippen molar-refractivity contribution in [3.8, 4) is 5.75 Å². The molecule has 4 nitrogen and oxygen atoms in total. The van der Waals surface area contributed by atoms with Gasteiger partial charge in [-0.2, -0.15) is 0 Å². The second kappa shape index (κ2) is 8.52. The highest BCUT2D eigenvalue weighted by atomic mass is 35.5. The van der Waals surface area contributed by atoms with Crippen molar-refractivity contribution in [1.82, 2.24) is 10.2 Å². The van der Waals surface area contributed by atoms with Crippen molar-refractivity contribution >= 4 is 29.1 Å². The summed E-state index contributed by atoms with van der Waals surface area (Å²) in [6.45, 7) is 0.354. The number of aromatic hydroxyl groups is 1. The summed E-state index contributed by atoms with van der Waals surface area (Å²) in [4.78, 5) is 14.2. The number of likely N-dealkylation sites (N-methyl/N-ethyl adjacent to an activating group) is 1. The average molecular weight is 385 g/mol. The van der Waals surface area contributed by atoms with Crippen LogP contribution in [0.4, 0.5) is 4.39 Å². The maximum Gasteiger partial charge on any atom is 0.251 e. The molecule has 0 aromatic heterocycles. The number of halogens is 3. The van der Waals surface area contributed by atoms with Gasteiger partial charge in [-0.3, -0.25) is 4.79 Å². The van der Waals surface area contributed by atoms with E-state index in [0.717, 1.165) is 11.6 Å². The molecular formula is C18H19Cl2FN2O2. The van der Waals surface area contributed by atoms with Gasteiger partial charge in [0, 0.05) is 23.2 Å². The molecule has 1 atom stereocenters. The monoisotopic (exact) mass is 384 g/mol. The molecule has 0 saturated heterocycles. The molecule has 134 valence electrons. The number of benzene rings is 2. The highest BCUT2D eigenvalue weighted by Crippen LogP contribution is 2.23. The molecule has 7 heteroatoms. The molecule has 2 aromatic carbocycles. The van der Waals surface area contributed by atoms with E-state index in [0.29, 0.717) is 18.0 Å². The van der Waals surface area contributed by atoms with Crippen molar-refractivity contribution in [3.05, 3.63) is 63.4 Å². The van der Waals surface area contributed by atoms with Gasteiger partial charge in [-0.15, -0.1) is 0 Å². The number of nitrogens with one attached hydrogen (secondary N) is 1. The molecule has 0 radical (unpaired) electrons. The summed E-state index contributed by atoms with van der Waals surface area (Å²) in [6.07, 6.45) is 0.585. The third-order valence-electron chi connectivity index (χ3n) is 3.90. The molecular weight excluding hydrogens is 366 g/mol. The van der Waals surface area contributed by atoms with Crippen LogP contribution in [0.2, 0.25) is 10.0 Å².